The number of rotatable bonds is 63. The summed E-state index contributed by atoms with van der Waals surface area (Å²) < 4.78 is 67.8. The lowest BCUT2D eigenvalue weighted by atomic mass is 10.0. The average molecular weight is 1230 g/mol. The van der Waals surface area contributed by atoms with Crippen LogP contribution in [0.5, 0.6) is 0 Å². The SMILES string of the molecule is CCCCCCCCCCCC(=O)O[C@H](COC(=O)CCCCCCC)COP(=O)(O)OC[C@H](O)COP(=O)(O)OC[C@@H](COC(=O)CCCCCCCCCCCCCC(C)C)OC(=O)CCCCCCCCCCCCCCC(C)C. The lowest BCUT2D eigenvalue weighted by Crippen LogP contribution is -2.30. The second-order valence-electron chi connectivity index (χ2n) is 24.1. The van der Waals surface area contributed by atoms with E-state index in [-0.39, 0.29) is 25.7 Å². The summed E-state index contributed by atoms with van der Waals surface area (Å²) in [5.74, 6) is -0.597. The van der Waals surface area contributed by atoms with E-state index >= 15 is 0 Å². The van der Waals surface area contributed by atoms with E-state index in [9.17, 15) is 43.2 Å². The van der Waals surface area contributed by atoms with Gasteiger partial charge in [-0.15, -0.1) is 0 Å². The molecule has 0 aromatic carbocycles. The molecule has 0 spiro atoms. The Balaban J connectivity index is 5.17. The molecule has 0 bridgehead atoms. The summed E-state index contributed by atoms with van der Waals surface area (Å²) in [7, 11) is -9.88. The number of phosphoric acid groups is 2. The lowest BCUT2D eigenvalue weighted by molar-refractivity contribution is -0.161. The van der Waals surface area contributed by atoms with Gasteiger partial charge >= 0.3 is 39.5 Å². The second kappa shape index (κ2) is 56.6. The zero-order valence-corrected chi connectivity index (χ0v) is 55.3. The normalized spacial score (nSPS) is 14.3. The molecule has 19 heteroatoms. The number of carbonyl (C=O) groups excluding carboxylic acids is 4. The van der Waals surface area contributed by atoms with E-state index in [0.717, 1.165) is 108 Å². The number of hydrogen-bond acceptors (Lipinski definition) is 15. The largest absolute Gasteiger partial charge is 0.472 e. The Morgan fingerprint density at radius 2 is 0.554 bits per heavy atom. The summed E-state index contributed by atoms with van der Waals surface area (Å²) in [5.41, 5.74) is 0. The Morgan fingerprint density at radius 1 is 0.325 bits per heavy atom. The van der Waals surface area contributed by atoms with Crippen molar-refractivity contribution in [2.24, 2.45) is 11.8 Å². The van der Waals surface area contributed by atoms with Gasteiger partial charge in [-0.3, -0.25) is 37.3 Å². The summed E-state index contributed by atoms with van der Waals surface area (Å²) in [5, 5.41) is 10.5. The van der Waals surface area contributed by atoms with Crippen LogP contribution in [0, 0.1) is 11.8 Å². The van der Waals surface area contributed by atoms with Crippen molar-refractivity contribution in [3.8, 4) is 0 Å². The third-order valence-corrected chi connectivity index (χ3v) is 16.6. The van der Waals surface area contributed by atoms with E-state index < -0.39 is 97.5 Å². The molecule has 3 N–H and O–H groups in total. The van der Waals surface area contributed by atoms with Crippen LogP contribution in [-0.2, 0) is 65.4 Å². The maximum absolute atomic E-state index is 13.0. The molecule has 0 radical (unpaired) electrons. The van der Waals surface area contributed by atoms with Gasteiger partial charge in [0.2, 0.25) is 0 Å². The molecule has 0 saturated heterocycles. The highest BCUT2D eigenvalue weighted by Crippen LogP contribution is 2.45. The summed E-state index contributed by atoms with van der Waals surface area (Å²) >= 11 is 0. The molecule has 0 aliphatic heterocycles. The van der Waals surface area contributed by atoms with Gasteiger partial charge in [0.1, 0.15) is 19.3 Å². The summed E-state index contributed by atoms with van der Waals surface area (Å²) in [6, 6.07) is 0. The number of aliphatic hydroxyl groups excluding tert-OH is 1. The highest BCUT2D eigenvalue weighted by atomic mass is 31.2. The standard InChI is InChI=1S/C64H124O17P2/c1-7-9-11-13-14-22-30-36-42-48-63(68)80-59(52-74-61(66)46-40-32-12-10-8-2)54-78-82(70,71)76-50-58(65)51-77-83(72,73)79-55-60(53-75-62(67)47-41-35-29-25-21-17-19-24-28-34-39-45-57(5)6)81-64(69)49-43-37-31-26-20-16-15-18-23-27-33-38-44-56(3)4/h56-60,65H,7-55H2,1-6H3,(H,70,71)(H,72,73)/t58-,59+,60+/m0/s1. The molecule has 0 saturated carbocycles. The fourth-order valence-corrected chi connectivity index (χ4v) is 11.1. The molecule has 0 fully saturated rings. The number of unbranched alkanes of at least 4 members (excludes halogenated alkanes) is 33. The third kappa shape index (κ3) is 58.8. The zero-order valence-electron chi connectivity index (χ0n) is 53.5. The molecule has 492 valence electrons. The minimum atomic E-state index is -4.94. The number of ether oxygens (including phenoxy) is 4. The molecule has 0 aliphatic carbocycles. The topological polar surface area (TPSA) is 237 Å². The van der Waals surface area contributed by atoms with E-state index in [2.05, 4.69) is 41.5 Å². The van der Waals surface area contributed by atoms with Crippen molar-refractivity contribution in [3.05, 3.63) is 0 Å². The molecular weight excluding hydrogens is 1100 g/mol. The monoisotopic (exact) mass is 1230 g/mol. The van der Waals surface area contributed by atoms with Gasteiger partial charge in [-0.05, 0) is 37.5 Å². The first-order valence-corrected chi connectivity index (χ1v) is 36.5. The van der Waals surface area contributed by atoms with E-state index in [1.807, 2.05) is 0 Å². The van der Waals surface area contributed by atoms with Gasteiger partial charge in [-0.25, -0.2) is 9.13 Å². The van der Waals surface area contributed by atoms with Gasteiger partial charge in [0.25, 0.3) is 0 Å². The van der Waals surface area contributed by atoms with E-state index in [1.54, 1.807) is 0 Å². The molecule has 0 aliphatic rings. The van der Waals surface area contributed by atoms with Gasteiger partial charge in [0.05, 0.1) is 26.4 Å². The smallest absolute Gasteiger partial charge is 0.462 e. The minimum Gasteiger partial charge on any atom is -0.462 e. The fourth-order valence-electron chi connectivity index (χ4n) is 9.53. The molecule has 5 atom stereocenters. The average Bonchev–Trinajstić information content (AvgIpc) is 3.47. The van der Waals surface area contributed by atoms with Crippen molar-refractivity contribution in [1.82, 2.24) is 0 Å². The van der Waals surface area contributed by atoms with Gasteiger partial charge in [0, 0.05) is 25.7 Å². The minimum absolute atomic E-state index is 0.105. The van der Waals surface area contributed by atoms with Crippen molar-refractivity contribution in [1.29, 1.82) is 0 Å². The molecule has 0 aromatic heterocycles. The Bertz CT molecular complexity index is 1630. The molecule has 0 aromatic rings. The molecule has 0 rings (SSSR count). The predicted molar refractivity (Wildman–Crippen MR) is 331 cm³/mol. The van der Waals surface area contributed by atoms with Crippen LogP contribution in [0.3, 0.4) is 0 Å². The van der Waals surface area contributed by atoms with Crippen molar-refractivity contribution in [2.75, 3.05) is 39.6 Å². The van der Waals surface area contributed by atoms with Crippen LogP contribution in [-0.4, -0.2) is 96.7 Å². The quantitative estimate of drug-likeness (QED) is 0.0222. The van der Waals surface area contributed by atoms with Crippen LogP contribution >= 0.6 is 15.6 Å². The van der Waals surface area contributed by atoms with Crippen molar-refractivity contribution >= 4 is 39.5 Å². The van der Waals surface area contributed by atoms with Crippen LogP contribution in [0.4, 0.5) is 0 Å². The first-order valence-electron chi connectivity index (χ1n) is 33.5. The van der Waals surface area contributed by atoms with Crippen molar-refractivity contribution < 1.29 is 80.2 Å². The predicted octanol–water partition coefficient (Wildman–Crippen LogP) is 17.7. The maximum Gasteiger partial charge on any atom is 0.472 e. The summed E-state index contributed by atoms with van der Waals surface area (Å²) in [6.45, 7) is 9.41. The number of aliphatic hydroxyl groups is 1. The first kappa shape index (κ1) is 81.1. The van der Waals surface area contributed by atoms with Crippen molar-refractivity contribution in [3.63, 3.8) is 0 Å². The molecule has 0 heterocycles. The summed E-state index contributed by atoms with van der Waals surface area (Å²) in [4.78, 5) is 71.9. The number of hydrogen-bond donors (Lipinski definition) is 3. The fraction of sp³-hybridized carbons (Fsp3) is 0.938. The Labute approximate surface area is 505 Å². The third-order valence-electron chi connectivity index (χ3n) is 14.7. The Morgan fingerprint density at radius 3 is 0.819 bits per heavy atom. The summed E-state index contributed by atoms with van der Waals surface area (Å²) in [6.07, 6.45) is 39.3. The molecule has 83 heavy (non-hydrogen) atoms. The molecule has 0 amide bonds. The Kier molecular flexibility index (Phi) is 55.2. The number of esters is 4. The number of phosphoric ester groups is 2. The number of carbonyl (C=O) groups is 4. The van der Waals surface area contributed by atoms with E-state index in [0.29, 0.717) is 25.7 Å². The Hall–Kier alpha value is -1.94. The van der Waals surface area contributed by atoms with Gasteiger partial charge in [-0.1, -0.05) is 266 Å². The molecular formula is C64H124O17P2. The lowest BCUT2D eigenvalue weighted by Gasteiger charge is -2.21. The van der Waals surface area contributed by atoms with Crippen LogP contribution in [0.25, 0.3) is 0 Å². The van der Waals surface area contributed by atoms with Crippen LogP contribution < -0.4 is 0 Å². The van der Waals surface area contributed by atoms with E-state index in [4.69, 9.17) is 37.0 Å². The highest BCUT2D eigenvalue weighted by molar-refractivity contribution is 7.47. The maximum atomic E-state index is 13.0. The molecule has 17 nitrogen and oxygen atoms in total. The van der Waals surface area contributed by atoms with Crippen molar-refractivity contribution in [2.45, 2.75) is 336 Å². The van der Waals surface area contributed by atoms with E-state index in [1.165, 1.54) is 128 Å². The van der Waals surface area contributed by atoms with Crippen LogP contribution in [0.1, 0.15) is 318 Å². The van der Waals surface area contributed by atoms with Gasteiger partial charge in [0.15, 0.2) is 12.2 Å². The second-order valence-corrected chi connectivity index (χ2v) is 27.0. The highest BCUT2D eigenvalue weighted by Gasteiger charge is 2.30. The van der Waals surface area contributed by atoms with Gasteiger partial charge in [-0.2, -0.15) is 0 Å². The molecule has 2 unspecified atom stereocenters. The van der Waals surface area contributed by atoms with Crippen LogP contribution in [0.2, 0.25) is 0 Å². The van der Waals surface area contributed by atoms with Gasteiger partial charge < -0.3 is 33.8 Å². The first-order chi connectivity index (χ1) is 39.9. The van der Waals surface area contributed by atoms with Crippen LogP contribution in [0.15, 0.2) is 0 Å². The zero-order chi connectivity index (χ0) is 61.5.